The molecule has 2 aliphatic heterocycles. The number of nitrogens with zero attached hydrogens (tertiary/aromatic N) is 1. The number of amides is 5. The van der Waals surface area contributed by atoms with Crippen LogP contribution in [0.15, 0.2) is 48.5 Å². The number of benzene rings is 2. The third-order valence-corrected chi connectivity index (χ3v) is 9.26. The lowest BCUT2D eigenvalue weighted by molar-refractivity contribution is -0.131. The second-order valence-electron chi connectivity index (χ2n) is 14.1. The fourth-order valence-corrected chi connectivity index (χ4v) is 6.51. The van der Waals surface area contributed by atoms with Crippen molar-refractivity contribution in [2.45, 2.75) is 89.9 Å². The van der Waals surface area contributed by atoms with Crippen LogP contribution in [0.5, 0.6) is 5.75 Å². The number of nitrogens with one attached hydrogen (secondary N) is 4. The molecule has 3 unspecified atom stereocenters. The highest BCUT2D eigenvalue weighted by Crippen LogP contribution is 2.46. The Morgan fingerprint density at radius 2 is 1.85 bits per heavy atom. The molecule has 4 bridgehead atoms. The van der Waals surface area contributed by atoms with Crippen LogP contribution in [0.4, 0.5) is 9.59 Å². The zero-order valence-corrected chi connectivity index (χ0v) is 28.0. The van der Waals surface area contributed by atoms with Gasteiger partial charge in [0.1, 0.15) is 22.9 Å². The van der Waals surface area contributed by atoms with Crippen molar-refractivity contribution >= 4 is 23.9 Å². The van der Waals surface area contributed by atoms with Crippen molar-refractivity contribution in [3.8, 4) is 5.75 Å². The number of carbonyl (C=O) groups is 4. The van der Waals surface area contributed by atoms with Crippen LogP contribution >= 0.6 is 0 Å². The summed E-state index contributed by atoms with van der Waals surface area (Å²) in [4.78, 5) is 55.7. The Bertz CT molecular complexity index is 1440. The van der Waals surface area contributed by atoms with Crippen LogP contribution in [0.1, 0.15) is 69.6 Å². The van der Waals surface area contributed by atoms with Gasteiger partial charge in [0.2, 0.25) is 11.8 Å². The molecule has 5 amide bonds. The van der Waals surface area contributed by atoms with E-state index in [0.717, 1.165) is 41.7 Å². The van der Waals surface area contributed by atoms with E-state index in [-0.39, 0.29) is 37.4 Å². The molecule has 47 heavy (non-hydrogen) atoms. The van der Waals surface area contributed by atoms with E-state index in [1.54, 1.807) is 20.8 Å². The summed E-state index contributed by atoms with van der Waals surface area (Å²) in [7, 11) is 0. The molecule has 1 saturated carbocycles. The quantitative estimate of drug-likeness (QED) is 0.394. The van der Waals surface area contributed by atoms with Gasteiger partial charge in [-0.3, -0.25) is 9.59 Å². The minimum absolute atomic E-state index is 0.120. The highest BCUT2D eigenvalue weighted by Gasteiger charge is 2.61. The van der Waals surface area contributed by atoms with E-state index in [2.05, 4.69) is 21.3 Å². The van der Waals surface area contributed by atoms with Crippen LogP contribution in [0.3, 0.4) is 0 Å². The lowest BCUT2D eigenvalue weighted by Gasteiger charge is -2.33. The summed E-state index contributed by atoms with van der Waals surface area (Å²) in [6.07, 6.45) is 3.18. The third-order valence-electron chi connectivity index (χ3n) is 9.26. The highest BCUT2D eigenvalue weighted by atomic mass is 16.6. The van der Waals surface area contributed by atoms with Crippen LogP contribution in [0.2, 0.25) is 0 Å². The molecule has 0 aromatic heterocycles. The zero-order chi connectivity index (χ0) is 33.6. The standard InChI is InChI=1S/C36H49N5O6/c1-24-12-13-29-20-27(24)22-38-32(43)36(21-28(36)19-25-9-6-5-7-10-25)40-31(42)30(39-34(45)47-35(2,3)4)14-16-37-33(44)41-17-8-11-26(23-41)15-18-46-29/h5-7,9-10,12-13,20,26,28,30H,8,11,14-19,21-23H2,1-4H3,(H,37,44)(H,38,43)(H,39,45)(H,40,42)/t26?,28?,30-,36?/m0/s1. The van der Waals surface area contributed by atoms with E-state index < -0.39 is 29.2 Å². The van der Waals surface area contributed by atoms with Crippen LogP contribution in [0.25, 0.3) is 0 Å². The second kappa shape index (κ2) is 14.6. The van der Waals surface area contributed by atoms with Crippen molar-refractivity contribution in [2.24, 2.45) is 11.8 Å². The number of fused-ring (bicyclic) bond motifs is 4. The van der Waals surface area contributed by atoms with Gasteiger partial charge in [-0.1, -0.05) is 36.4 Å². The van der Waals surface area contributed by atoms with E-state index in [4.69, 9.17) is 9.47 Å². The lowest BCUT2D eigenvalue weighted by Crippen LogP contribution is -2.57. The Hall–Kier alpha value is -4.28. The fraction of sp³-hybridized carbons (Fsp3) is 0.556. The average Bonchev–Trinajstić information content (AvgIpc) is 3.72. The van der Waals surface area contributed by atoms with Gasteiger partial charge in [0.05, 0.1) is 6.61 Å². The van der Waals surface area contributed by atoms with E-state index in [1.165, 1.54) is 0 Å². The maximum absolute atomic E-state index is 14.0. The monoisotopic (exact) mass is 647 g/mol. The minimum Gasteiger partial charge on any atom is -0.494 e. The number of rotatable bonds is 3. The molecule has 0 radical (unpaired) electrons. The Kier molecular flexibility index (Phi) is 10.6. The molecule has 1 spiro atoms. The zero-order valence-electron chi connectivity index (χ0n) is 28.0. The molecule has 2 heterocycles. The first-order valence-corrected chi connectivity index (χ1v) is 16.8. The number of aryl methyl sites for hydroxylation is 1. The molecule has 254 valence electrons. The van der Waals surface area contributed by atoms with Crippen LogP contribution in [0, 0.1) is 18.8 Å². The van der Waals surface area contributed by atoms with Gasteiger partial charge >= 0.3 is 12.1 Å². The van der Waals surface area contributed by atoms with Gasteiger partial charge in [0.25, 0.3) is 0 Å². The number of hydrogen-bond acceptors (Lipinski definition) is 6. The number of carbonyl (C=O) groups excluding carboxylic acids is 4. The third kappa shape index (κ3) is 9.17. The number of ether oxygens (including phenoxy) is 2. The van der Waals surface area contributed by atoms with Crippen LogP contribution in [-0.4, -0.2) is 72.3 Å². The Labute approximate surface area is 277 Å². The molecule has 11 heteroatoms. The predicted octanol–water partition coefficient (Wildman–Crippen LogP) is 4.22. The Morgan fingerprint density at radius 1 is 1.06 bits per heavy atom. The maximum atomic E-state index is 14.0. The lowest BCUT2D eigenvalue weighted by atomic mass is 9.95. The fourth-order valence-electron chi connectivity index (χ4n) is 6.51. The summed E-state index contributed by atoms with van der Waals surface area (Å²) in [5.41, 5.74) is 1.08. The first-order chi connectivity index (χ1) is 22.4. The molecule has 1 aliphatic carbocycles. The van der Waals surface area contributed by atoms with Crippen LogP contribution < -0.4 is 26.0 Å². The van der Waals surface area contributed by atoms with E-state index >= 15 is 0 Å². The highest BCUT2D eigenvalue weighted by molar-refractivity contribution is 5.97. The number of piperidine rings is 1. The van der Waals surface area contributed by atoms with Crippen molar-refractivity contribution in [2.75, 3.05) is 26.2 Å². The second-order valence-corrected chi connectivity index (χ2v) is 14.1. The average molecular weight is 648 g/mol. The molecule has 2 fully saturated rings. The van der Waals surface area contributed by atoms with Crippen molar-refractivity contribution in [3.63, 3.8) is 0 Å². The van der Waals surface area contributed by atoms with Gasteiger partial charge in [0.15, 0.2) is 0 Å². The largest absolute Gasteiger partial charge is 0.494 e. The SMILES string of the molecule is Cc1ccc2cc1CNC(=O)C1(CC1Cc1ccccc1)NC(=O)[C@@H](NC(=O)OC(C)(C)C)CCNC(=O)N1CCCC(CCO2)C1. The van der Waals surface area contributed by atoms with Gasteiger partial charge in [-0.25, -0.2) is 9.59 Å². The molecule has 2 aromatic carbocycles. The van der Waals surface area contributed by atoms with Crippen molar-refractivity contribution in [3.05, 3.63) is 65.2 Å². The van der Waals surface area contributed by atoms with Gasteiger partial charge in [-0.05, 0) is 107 Å². The van der Waals surface area contributed by atoms with E-state index in [0.29, 0.717) is 38.5 Å². The molecule has 5 rings (SSSR count). The topological polar surface area (TPSA) is 138 Å². The molecule has 2 aromatic rings. The van der Waals surface area contributed by atoms with Gasteiger partial charge in [-0.15, -0.1) is 0 Å². The molecule has 11 nitrogen and oxygen atoms in total. The summed E-state index contributed by atoms with van der Waals surface area (Å²) >= 11 is 0. The smallest absolute Gasteiger partial charge is 0.408 e. The first-order valence-electron chi connectivity index (χ1n) is 16.8. The number of hydrogen-bond donors (Lipinski definition) is 4. The van der Waals surface area contributed by atoms with Crippen LogP contribution in [-0.2, 0) is 27.3 Å². The first kappa shape index (κ1) is 34.1. The van der Waals surface area contributed by atoms with Gasteiger partial charge in [-0.2, -0.15) is 0 Å². The minimum atomic E-state index is -1.16. The van der Waals surface area contributed by atoms with Crippen molar-refractivity contribution < 1.29 is 28.7 Å². The molecule has 3 aliphatic rings. The molecule has 4 N–H and O–H groups in total. The summed E-state index contributed by atoms with van der Waals surface area (Å²) in [6.45, 7) is 9.47. The predicted molar refractivity (Wildman–Crippen MR) is 178 cm³/mol. The summed E-state index contributed by atoms with van der Waals surface area (Å²) in [6, 6.07) is 14.5. The summed E-state index contributed by atoms with van der Waals surface area (Å²) in [5.74, 6) is 0.116. The van der Waals surface area contributed by atoms with Crippen molar-refractivity contribution in [1.82, 2.24) is 26.2 Å². The molecule has 4 atom stereocenters. The van der Waals surface area contributed by atoms with Gasteiger partial charge in [0, 0.05) is 26.2 Å². The summed E-state index contributed by atoms with van der Waals surface area (Å²) < 4.78 is 11.6. The molecule has 1 saturated heterocycles. The molecular formula is C36H49N5O6. The van der Waals surface area contributed by atoms with Crippen molar-refractivity contribution in [1.29, 1.82) is 0 Å². The Morgan fingerprint density at radius 3 is 2.62 bits per heavy atom. The summed E-state index contributed by atoms with van der Waals surface area (Å²) in [5, 5.41) is 11.7. The van der Waals surface area contributed by atoms with E-state index in [9.17, 15) is 19.2 Å². The van der Waals surface area contributed by atoms with E-state index in [1.807, 2.05) is 60.4 Å². The van der Waals surface area contributed by atoms with Gasteiger partial charge < -0.3 is 35.6 Å². The number of urea groups is 1. The number of alkyl carbamates (subject to hydrolysis) is 1. The normalized spacial score (nSPS) is 25.8. The maximum Gasteiger partial charge on any atom is 0.408 e. The molecular weight excluding hydrogens is 598 g/mol. The Balaban J connectivity index is 1.40.